The predicted molar refractivity (Wildman–Crippen MR) is 1.37 cm³/mol. The summed E-state index contributed by atoms with van der Waals surface area (Å²) in [6.45, 7) is 0. The maximum atomic E-state index is 0. The van der Waals surface area contributed by atoms with Crippen LogP contribution in [-0.4, -0.2) is 0 Å². The molecule has 6 heavy (non-hydrogen) atoms. The van der Waals surface area contributed by atoms with E-state index in [1.54, 1.807) is 0 Å². The van der Waals surface area contributed by atoms with Gasteiger partial charge in [0.15, 0.2) is 0 Å². The molecule has 0 aromatic heterocycles. The Labute approximate surface area is 94.9 Å². The first-order chi connectivity index (χ1) is 0. The van der Waals surface area contributed by atoms with Crippen molar-refractivity contribution in [3.05, 3.63) is 0 Å². The molecule has 0 saturated heterocycles. The van der Waals surface area contributed by atoms with Gasteiger partial charge < -0.3 is 15.7 Å². The molecule has 0 amide bonds. The van der Waals surface area contributed by atoms with Crippen LogP contribution in [0.1, 0.15) is 0 Å². The smallest absolute Gasteiger partial charge is 2.00 e. The van der Waals surface area contributed by atoms with Gasteiger partial charge in [-0.1, -0.05) is 0 Å². The monoisotopic (exact) mass is 145 g/mol. The predicted octanol–water partition coefficient (Wildman–Crippen LogP) is -9.23. The van der Waals surface area contributed by atoms with E-state index in [4.69, 9.17) is 0 Å². The maximum Gasteiger partial charge on any atom is 4.00 e. The summed E-state index contributed by atoms with van der Waals surface area (Å²) in [5, 5.41) is 0. The largest absolute Gasteiger partial charge is 4.00 e. The summed E-state index contributed by atoms with van der Waals surface area (Å²) in [6, 6.07) is 0. The van der Waals surface area contributed by atoms with Gasteiger partial charge in [-0.2, -0.15) is 0 Å². The molecule has 0 heterocycles. The standard InChI is InChI=1S/FH.2Na.2O.Ti/h1H;;;;;/q;2*+1;2*-2;+4/p-1. The average Bonchev–Trinajstić information content (AvgIpc) is 0. The second-order valence-electron chi connectivity index (χ2n) is 0. The third-order valence-corrected chi connectivity index (χ3v) is 0. The van der Waals surface area contributed by atoms with E-state index in [2.05, 4.69) is 0 Å². The van der Waals surface area contributed by atoms with Crippen molar-refractivity contribution < 1.29 is 96.5 Å². The Morgan fingerprint density at radius 2 is 0.667 bits per heavy atom. The number of hydrogen-bond donors (Lipinski definition) is 0. The molecule has 24 valence electrons. The molecule has 6 heteroatoms. The Morgan fingerprint density at radius 1 is 0.667 bits per heavy atom. The Hall–Kier alpha value is 2.56. The molecule has 0 N–H and O–H groups in total. The minimum atomic E-state index is 0. The number of hydrogen-bond acceptors (Lipinski definition) is 0. The first-order valence-corrected chi connectivity index (χ1v) is 0. The molecule has 2 nitrogen and oxygen atoms in total. The van der Waals surface area contributed by atoms with E-state index in [0.29, 0.717) is 0 Å². The van der Waals surface area contributed by atoms with E-state index in [9.17, 15) is 0 Å². The molecule has 0 aromatic carbocycles. The molecule has 0 saturated carbocycles. The fourth-order valence-electron chi connectivity index (χ4n) is 0. The summed E-state index contributed by atoms with van der Waals surface area (Å²) in [5.74, 6) is 0. The Balaban J connectivity index is 0. The minimum Gasteiger partial charge on any atom is -2.00 e. The van der Waals surface area contributed by atoms with Crippen molar-refractivity contribution in [3.8, 4) is 0 Å². The zero-order chi connectivity index (χ0) is 0. The van der Waals surface area contributed by atoms with Crippen molar-refractivity contribution in [2.45, 2.75) is 0 Å². The normalized spacial score (nSPS) is 0. The topological polar surface area (TPSA) is 57.0 Å². The second-order valence-corrected chi connectivity index (χ2v) is 0. The summed E-state index contributed by atoms with van der Waals surface area (Å²) in [5.41, 5.74) is 0. The van der Waals surface area contributed by atoms with Crippen LogP contribution in [-0.2, 0) is 32.7 Å². The van der Waals surface area contributed by atoms with Crippen LogP contribution >= 0.6 is 0 Å². The van der Waals surface area contributed by atoms with Crippen LogP contribution in [0.25, 0.3) is 0 Å². The van der Waals surface area contributed by atoms with E-state index in [-0.39, 0.29) is 96.5 Å². The van der Waals surface area contributed by atoms with Crippen LogP contribution in [0.4, 0.5) is 0 Å². The van der Waals surface area contributed by atoms with Gasteiger partial charge in [0.05, 0.1) is 0 Å². The zero-order valence-corrected chi connectivity index (χ0v) is 9.26. The van der Waals surface area contributed by atoms with E-state index in [0.717, 1.165) is 0 Å². The fraction of sp³-hybridized carbons (Fsp3) is 0. The van der Waals surface area contributed by atoms with E-state index in [1.165, 1.54) is 0 Å². The van der Waals surface area contributed by atoms with Gasteiger partial charge in [0.1, 0.15) is 0 Å². The molecular weight excluding hydrogens is 145 g/mol. The molecule has 0 aliphatic carbocycles. The average molecular weight is 145 g/mol. The van der Waals surface area contributed by atoms with Gasteiger partial charge in [0, 0.05) is 0 Å². The molecule has 0 unspecified atom stereocenters. The van der Waals surface area contributed by atoms with Crippen LogP contribution < -0.4 is 63.8 Å². The summed E-state index contributed by atoms with van der Waals surface area (Å²) in [6.07, 6.45) is 0. The molecule has 0 rings (SSSR count). The van der Waals surface area contributed by atoms with Gasteiger partial charge in [-0.15, -0.1) is 0 Å². The third-order valence-electron chi connectivity index (χ3n) is 0. The van der Waals surface area contributed by atoms with Crippen molar-refractivity contribution in [3.63, 3.8) is 0 Å². The van der Waals surface area contributed by atoms with Crippen molar-refractivity contribution >= 4 is 0 Å². The number of halogens is 1. The third kappa shape index (κ3) is 30.9. The Kier molecular flexibility index (Phi) is 616. The van der Waals surface area contributed by atoms with Gasteiger partial charge in [-0.25, -0.2) is 0 Å². The van der Waals surface area contributed by atoms with Gasteiger partial charge in [-0.3, -0.25) is 0 Å². The van der Waals surface area contributed by atoms with Crippen LogP contribution in [0.5, 0.6) is 0 Å². The molecule has 0 spiro atoms. The maximum absolute atomic E-state index is 0. The quantitative estimate of drug-likeness (QED) is 0.304. The summed E-state index contributed by atoms with van der Waals surface area (Å²) >= 11 is 0. The summed E-state index contributed by atoms with van der Waals surface area (Å²) < 4.78 is 0. The van der Waals surface area contributed by atoms with Gasteiger partial charge in [0.2, 0.25) is 0 Å². The van der Waals surface area contributed by atoms with Crippen molar-refractivity contribution in [2.75, 3.05) is 0 Å². The molecule has 0 aliphatic rings. The Bertz CT molecular complexity index is 11.5. The fourth-order valence-corrected chi connectivity index (χ4v) is 0. The van der Waals surface area contributed by atoms with E-state index in [1.807, 2.05) is 0 Å². The SMILES string of the molecule is [F-].[Na+].[Na+].[O-2].[O-2].[Ti+4]. The van der Waals surface area contributed by atoms with Crippen LogP contribution in [0.15, 0.2) is 0 Å². The second kappa shape index (κ2) is 49.6. The van der Waals surface area contributed by atoms with Crippen LogP contribution in [0.3, 0.4) is 0 Å². The van der Waals surface area contributed by atoms with Gasteiger partial charge >= 0.3 is 80.8 Å². The first-order valence-electron chi connectivity index (χ1n) is 0. The summed E-state index contributed by atoms with van der Waals surface area (Å²) in [4.78, 5) is 0. The molecule has 0 aliphatic heterocycles. The summed E-state index contributed by atoms with van der Waals surface area (Å²) in [7, 11) is 0. The molecular formula is FNa2O2Ti+. The van der Waals surface area contributed by atoms with Gasteiger partial charge in [0.25, 0.3) is 0 Å². The van der Waals surface area contributed by atoms with Crippen molar-refractivity contribution in [2.24, 2.45) is 0 Å². The number of rotatable bonds is 0. The van der Waals surface area contributed by atoms with E-state index >= 15 is 0 Å². The molecule has 0 radical (unpaired) electrons. The molecule has 0 atom stereocenters. The minimum absolute atomic E-state index is 0. The first kappa shape index (κ1) is 74.5. The van der Waals surface area contributed by atoms with E-state index < -0.39 is 0 Å². The zero-order valence-electron chi connectivity index (χ0n) is 3.69. The van der Waals surface area contributed by atoms with Gasteiger partial charge in [-0.05, 0) is 0 Å². The van der Waals surface area contributed by atoms with Crippen molar-refractivity contribution in [1.82, 2.24) is 0 Å². The van der Waals surface area contributed by atoms with Crippen LogP contribution in [0.2, 0.25) is 0 Å². The molecule has 0 bridgehead atoms. The molecule has 0 fully saturated rings. The Morgan fingerprint density at radius 3 is 0.667 bits per heavy atom. The van der Waals surface area contributed by atoms with Crippen LogP contribution in [0, 0.1) is 0 Å². The molecule has 0 aromatic rings. The van der Waals surface area contributed by atoms with Crippen molar-refractivity contribution in [1.29, 1.82) is 0 Å².